The first kappa shape index (κ1) is 27.7. The zero-order valence-corrected chi connectivity index (χ0v) is 22.5. The highest BCUT2D eigenvalue weighted by Gasteiger charge is 2.37. The van der Waals surface area contributed by atoms with E-state index in [1.54, 1.807) is 4.90 Å². The summed E-state index contributed by atoms with van der Waals surface area (Å²) in [4.78, 5) is 14.7. The van der Waals surface area contributed by atoms with Crippen LogP contribution in [0.15, 0.2) is 42.5 Å². The van der Waals surface area contributed by atoms with Crippen molar-refractivity contribution in [1.82, 2.24) is 10.2 Å². The molecule has 1 aliphatic heterocycles. The van der Waals surface area contributed by atoms with Crippen LogP contribution in [0.25, 0.3) is 0 Å². The van der Waals surface area contributed by atoms with Crippen LogP contribution in [0, 0.1) is 11.6 Å². The quantitative estimate of drug-likeness (QED) is 0.444. The molecule has 202 valence electrons. The van der Waals surface area contributed by atoms with Crippen LogP contribution in [0.3, 0.4) is 0 Å². The summed E-state index contributed by atoms with van der Waals surface area (Å²) in [5.41, 5.74) is 2.51. The number of nitrogens with zero attached hydrogens (tertiary/aromatic N) is 1. The van der Waals surface area contributed by atoms with Crippen LogP contribution < -0.4 is 5.32 Å². The van der Waals surface area contributed by atoms with Crippen molar-refractivity contribution in [3.63, 3.8) is 0 Å². The number of carbonyl (C=O) groups excluding carboxylic acids is 1. The highest BCUT2D eigenvalue weighted by molar-refractivity contribution is 5.77. The lowest BCUT2D eigenvalue weighted by molar-refractivity contribution is -0.136. The van der Waals surface area contributed by atoms with Crippen LogP contribution in [-0.2, 0) is 15.7 Å². The molecular weight excluding hydrogens is 470 g/mol. The molecule has 2 aromatic carbocycles. The van der Waals surface area contributed by atoms with Gasteiger partial charge in [-0.2, -0.15) is 0 Å². The minimum absolute atomic E-state index is 0.0189. The normalized spacial score (nSPS) is 20.4. The van der Waals surface area contributed by atoms with Gasteiger partial charge >= 0.3 is 0 Å². The Labute approximate surface area is 220 Å². The second-order valence-corrected chi connectivity index (χ2v) is 12.0. The van der Waals surface area contributed by atoms with Crippen molar-refractivity contribution in [2.75, 3.05) is 13.1 Å². The number of nitrogens with one attached hydrogen (secondary N) is 1. The van der Waals surface area contributed by atoms with Crippen molar-refractivity contribution in [3.8, 4) is 0 Å². The van der Waals surface area contributed by atoms with E-state index >= 15 is 0 Å². The second kappa shape index (κ2) is 11.6. The molecule has 4 nitrogen and oxygen atoms in total. The lowest BCUT2D eigenvalue weighted by Gasteiger charge is -2.42. The van der Waals surface area contributed by atoms with E-state index in [2.05, 4.69) is 50.4 Å². The molecule has 37 heavy (non-hydrogen) atoms. The molecule has 1 saturated carbocycles. The number of rotatable bonds is 7. The van der Waals surface area contributed by atoms with Gasteiger partial charge in [-0.05, 0) is 59.9 Å². The fourth-order valence-electron chi connectivity index (χ4n) is 6.07. The summed E-state index contributed by atoms with van der Waals surface area (Å²) in [5.74, 6) is -1.48. The lowest BCUT2D eigenvalue weighted by Crippen LogP contribution is -2.50. The SMILES string of the molecule is CC(C)(C)c1cccc(C2(NC[C@@H](O)C(c3cc(F)cc(F)c3)N3CCCCCC3=O)CCCCC2)c1. The fraction of sp³-hybridized carbons (Fsp3) is 0.581. The molecular formula is C31H42F2N2O2. The third-order valence-corrected chi connectivity index (χ3v) is 8.17. The monoisotopic (exact) mass is 512 g/mol. The number of hydrogen-bond donors (Lipinski definition) is 2. The average molecular weight is 513 g/mol. The Balaban J connectivity index is 1.64. The molecule has 2 aliphatic rings. The van der Waals surface area contributed by atoms with Crippen molar-refractivity contribution < 1.29 is 18.7 Å². The molecule has 2 fully saturated rings. The molecule has 0 radical (unpaired) electrons. The number of aliphatic hydroxyl groups is 1. The molecule has 1 heterocycles. The maximum absolute atomic E-state index is 14.2. The predicted octanol–water partition coefficient (Wildman–Crippen LogP) is 6.52. The Kier molecular flexibility index (Phi) is 8.70. The summed E-state index contributed by atoms with van der Waals surface area (Å²) in [6.07, 6.45) is 7.16. The maximum Gasteiger partial charge on any atom is 0.223 e. The molecule has 1 saturated heterocycles. The second-order valence-electron chi connectivity index (χ2n) is 12.0. The Bertz CT molecular complexity index is 1050. The van der Waals surface area contributed by atoms with Crippen LogP contribution in [0.1, 0.15) is 101 Å². The molecule has 4 rings (SSSR count). The molecule has 6 heteroatoms. The number of halogens is 2. The highest BCUT2D eigenvalue weighted by atomic mass is 19.1. The fourth-order valence-corrected chi connectivity index (χ4v) is 6.07. The van der Waals surface area contributed by atoms with Gasteiger partial charge < -0.3 is 15.3 Å². The number of amides is 1. The molecule has 1 amide bonds. The van der Waals surface area contributed by atoms with Gasteiger partial charge in [0.15, 0.2) is 0 Å². The summed E-state index contributed by atoms with van der Waals surface area (Å²) in [5, 5.41) is 15.3. The van der Waals surface area contributed by atoms with Crippen molar-refractivity contribution in [3.05, 3.63) is 70.8 Å². The van der Waals surface area contributed by atoms with E-state index in [0.29, 0.717) is 18.5 Å². The van der Waals surface area contributed by atoms with Crippen LogP contribution in [-0.4, -0.2) is 35.1 Å². The van der Waals surface area contributed by atoms with E-state index in [-0.39, 0.29) is 23.4 Å². The zero-order valence-electron chi connectivity index (χ0n) is 22.5. The van der Waals surface area contributed by atoms with Gasteiger partial charge in [0, 0.05) is 31.1 Å². The van der Waals surface area contributed by atoms with Gasteiger partial charge in [0.05, 0.1) is 12.1 Å². The van der Waals surface area contributed by atoms with Gasteiger partial charge in [0.25, 0.3) is 0 Å². The molecule has 1 aliphatic carbocycles. The summed E-state index contributed by atoms with van der Waals surface area (Å²) in [6.45, 7) is 7.30. The average Bonchev–Trinajstić information content (AvgIpc) is 3.07. The third-order valence-electron chi connectivity index (χ3n) is 8.17. The van der Waals surface area contributed by atoms with E-state index in [0.717, 1.165) is 51.0 Å². The van der Waals surface area contributed by atoms with Gasteiger partial charge in [-0.15, -0.1) is 0 Å². The minimum Gasteiger partial charge on any atom is -0.389 e. The van der Waals surface area contributed by atoms with Gasteiger partial charge in [-0.3, -0.25) is 4.79 Å². The first-order chi connectivity index (χ1) is 17.6. The minimum atomic E-state index is -1.02. The summed E-state index contributed by atoms with van der Waals surface area (Å²) < 4.78 is 28.5. The summed E-state index contributed by atoms with van der Waals surface area (Å²) in [6, 6.07) is 11.2. The van der Waals surface area contributed by atoms with E-state index < -0.39 is 23.8 Å². The number of aliphatic hydroxyl groups excluding tert-OH is 1. The van der Waals surface area contributed by atoms with E-state index in [4.69, 9.17) is 0 Å². The van der Waals surface area contributed by atoms with E-state index in [1.165, 1.54) is 29.7 Å². The smallest absolute Gasteiger partial charge is 0.223 e. The largest absolute Gasteiger partial charge is 0.389 e. The predicted molar refractivity (Wildman–Crippen MR) is 143 cm³/mol. The molecule has 2 N–H and O–H groups in total. The Morgan fingerprint density at radius 2 is 1.65 bits per heavy atom. The molecule has 1 unspecified atom stereocenters. The van der Waals surface area contributed by atoms with Crippen LogP contribution in [0.5, 0.6) is 0 Å². The first-order valence-corrected chi connectivity index (χ1v) is 13.9. The lowest BCUT2D eigenvalue weighted by atomic mass is 9.74. The van der Waals surface area contributed by atoms with Gasteiger partial charge in [0.2, 0.25) is 5.91 Å². The van der Waals surface area contributed by atoms with E-state index in [1.807, 2.05) is 0 Å². The van der Waals surface area contributed by atoms with E-state index in [9.17, 15) is 18.7 Å². The van der Waals surface area contributed by atoms with Gasteiger partial charge in [-0.25, -0.2) is 8.78 Å². The van der Waals surface area contributed by atoms with Crippen LogP contribution in [0.4, 0.5) is 8.78 Å². The Hall–Kier alpha value is -2.31. The number of benzene rings is 2. The highest BCUT2D eigenvalue weighted by Crippen LogP contribution is 2.39. The molecule has 2 atom stereocenters. The molecule has 0 spiro atoms. The maximum atomic E-state index is 14.2. The number of carbonyl (C=O) groups is 1. The first-order valence-electron chi connectivity index (χ1n) is 13.9. The van der Waals surface area contributed by atoms with Crippen molar-refractivity contribution in [2.45, 2.75) is 102 Å². The standard InChI is InChI=1S/C31H42F2N2O2/c1-30(2,3)23-11-10-12-24(19-23)31(14-7-5-8-15-31)34-21-27(36)29(22-17-25(32)20-26(33)18-22)35-16-9-4-6-13-28(35)37/h10-12,17-20,27,29,34,36H,4-9,13-16,21H2,1-3H3/t27-,29?/m1/s1. The van der Waals surface area contributed by atoms with Crippen LogP contribution >= 0.6 is 0 Å². The third kappa shape index (κ3) is 6.58. The Morgan fingerprint density at radius 3 is 2.32 bits per heavy atom. The molecule has 2 aromatic rings. The van der Waals surface area contributed by atoms with Crippen LogP contribution in [0.2, 0.25) is 0 Å². The van der Waals surface area contributed by atoms with Gasteiger partial charge in [-0.1, -0.05) is 70.7 Å². The summed E-state index contributed by atoms with van der Waals surface area (Å²) >= 11 is 0. The van der Waals surface area contributed by atoms with Gasteiger partial charge in [0.1, 0.15) is 11.6 Å². The summed E-state index contributed by atoms with van der Waals surface area (Å²) in [7, 11) is 0. The van der Waals surface area contributed by atoms with Crippen molar-refractivity contribution >= 4 is 5.91 Å². The Morgan fingerprint density at radius 1 is 0.973 bits per heavy atom. The number of hydrogen-bond acceptors (Lipinski definition) is 3. The van der Waals surface area contributed by atoms with Crippen molar-refractivity contribution in [1.29, 1.82) is 0 Å². The number of likely N-dealkylation sites (tertiary alicyclic amines) is 1. The molecule has 0 bridgehead atoms. The molecule has 0 aromatic heterocycles. The zero-order chi connectivity index (χ0) is 26.6. The van der Waals surface area contributed by atoms with Crippen molar-refractivity contribution in [2.24, 2.45) is 0 Å². The topological polar surface area (TPSA) is 52.6 Å².